The number of nitrogens with zero attached hydrogens (tertiary/aromatic N) is 4. The third-order valence-corrected chi connectivity index (χ3v) is 5.20. The number of nitrogens with two attached hydrogens (primary N) is 1. The molecule has 0 radical (unpaired) electrons. The second-order valence-corrected chi connectivity index (χ2v) is 7.41. The number of hydrogen-bond acceptors (Lipinski definition) is 4. The van der Waals surface area contributed by atoms with Crippen molar-refractivity contribution in [2.24, 2.45) is 5.73 Å². The molecule has 1 aromatic carbocycles. The second kappa shape index (κ2) is 7.52. The van der Waals surface area contributed by atoms with Crippen LogP contribution >= 0.6 is 0 Å². The topological polar surface area (TPSA) is 84.5 Å². The molecule has 1 aliphatic carbocycles. The van der Waals surface area contributed by atoms with Gasteiger partial charge in [-0.05, 0) is 18.4 Å². The number of hydrogen-bond donors (Lipinski definition) is 1. The van der Waals surface area contributed by atoms with Crippen molar-refractivity contribution in [1.82, 2.24) is 19.4 Å². The molecule has 7 heteroatoms. The smallest absolute Gasteiger partial charge is 0.242 e. The molecule has 27 heavy (non-hydrogen) atoms. The molecule has 0 bridgehead atoms. The van der Waals surface area contributed by atoms with Crippen LogP contribution in [0.3, 0.4) is 0 Å². The summed E-state index contributed by atoms with van der Waals surface area (Å²) in [6.45, 7) is 2.06. The molecule has 2 heterocycles. The second-order valence-electron chi connectivity index (χ2n) is 7.41. The summed E-state index contributed by atoms with van der Waals surface area (Å²) in [5.74, 6) is -0.132. The van der Waals surface area contributed by atoms with Gasteiger partial charge < -0.3 is 20.1 Å². The Bertz CT molecular complexity index is 815. The van der Waals surface area contributed by atoms with E-state index >= 15 is 0 Å². The van der Waals surface area contributed by atoms with Crippen LogP contribution in [0.2, 0.25) is 0 Å². The van der Waals surface area contributed by atoms with Gasteiger partial charge in [-0.1, -0.05) is 30.3 Å². The lowest BCUT2D eigenvalue weighted by molar-refractivity contribution is -0.146. The van der Waals surface area contributed by atoms with Crippen LogP contribution in [0.4, 0.5) is 0 Å². The van der Waals surface area contributed by atoms with Gasteiger partial charge in [0.1, 0.15) is 0 Å². The SMILES string of the molecule is N[C@@H](Cc1cn(Cc2ccccc2)cn1)C(=O)N1CCN(C2CC2)C(=O)C1. The number of amides is 2. The average Bonchev–Trinajstić information content (AvgIpc) is 3.42. The average molecular weight is 367 g/mol. The maximum Gasteiger partial charge on any atom is 0.242 e. The summed E-state index contributed by atoms with van der Waals surface area (Å²) in [6.07, 6.45) is 6.24. The van der Waals surface area contributed by atoms with Crippen LogP contribution in [-0.4, -0.2) is 62.9 Å². The number of imidazole rings is 1. The Balaban J connectivity index is 1.31. The predicted octanol–water partition coefficient (Wildman–Crippen LogP) is 0.634. The van der Waals surface area contributed by atoms with Crippen molar-refractivity contribution in [2.45, 2.75) is 37.9 Å². The summed E-state index contributed by atoms with van der Waals surface area (Å²) in [5, 5.41) is 0. The fraction of sp³-hybridized carbons (Fsp3) is 0.450. The van der Waals surface area contributed by atoms with E-state index < -0.39 is 6.04 Å². The lowest BCUT2D eigenvalue weighted by Crippen LogP contribution is -2.56. The van der Waals surface area contributed by atoms with Gasteiger partial charge >= 0.3 is 0 Å². The van der Waals surface area contributed by atoms with E-state index in [2.05, 4.69) is 17.1 Å². The number of rotatable bonds is 6. The van der Waals surface area contributed by atoms with Gasteiger partial charge in [-0.15, -0.1) is 0 Å². The molecule has 142 valence electrons. The lowest BCUT2D eigenvalue weighted by atomic mass is 10.1. The minimum absolute atomic E-state index is 0.0384. The van der Waals surface area contributed by atoms with Gasteiger partial charge in [-0.25, -0.2) is 4.98 Å². The molecule has 1 aliphatic heterocycles. The van der Waals surface area contributed by atoms with Crippen molar-refractivity contribution in [3.8, 4) is 0 Å². The monoisotopic (exact) mass is 367 g/mol. The first kappa shape index (κ1) is 17.7. The van der Waals surface area contributed by atoms with Gasteiger partial charge in [0.25, 0.3) is 0 Å². The fourth-order valence-corrected chi connectivity index (χ4v) is 3.59. The molecule has 2 aromatic rings. The minimum atomic E-state index is -0.676. The van der Waals surface area contributed by atoms with Gasteiger partial charge in [-0.3, -0.25) is 9.59 Å². The highest BCUT2D eigenvalue weighted by atomic mass is 16.2. The van der Waals surface area contributed by atoms with Crippen LogP contribution in [0, 0.1) is 0 Å². The van der Waals surface area contributed by atoms with E-state index in [1.165, 1.54) is 5.56 Å². The highest BCUT2D eigenvalue weighted by molar-refractivity contribution is 5.88. The number of aromatic nitrogens is 2. The zero-order valence-corrected chi connectivity index (χ0v) is 15.3. The molecule has 1 aromatic heterocycles. The van der Waals surface area contributed by atoms with E-state index in [-0.39, 0.29) is 18.4 Å². The van der Waals surface area contributed by atoms with Gasteiger partial charge in [0.05, 0.1) is 24.6 Å². The van der Waals surface area contributed by atoms with E-state index in [9.17, 15) is 9.59 Å². The Morgan fingerprint density at radius 2 is 2.00 bits per heavy atom. The highest BCUT2D eigenvalue weighted by Gasteiger charge is 2.37. The van der Waals surface area contributed by atoms with Gasteiger partial charge in [0, 0.05) is 38.3 Å². The van der Waals surface area contributed by atoms with Crippen LogP contribution in [0.15, 0.2) is 42.9 Å². The fourth-order valence-electron chi connectivity index (χ4n) is 3.59. The van der Waals surface area contributed by atoms with Crippen molar-refractivity contribution in [2.75, 3.05) is 19.6 Å². The van der Waals surface area contributed by atoms with Crippen LogP contribution in [0.25, 0.3) is 0 Å². The number of piperazine rings is 1. The summed E-state index contributed by atoms with van der Waals surface area (Å²) in [7, 11) is 0. The Hall–Kier alpha value is -2.67. The maximum absolute atomic E-state index is 12.6. The van der Waals surface area contributed by atoms with Crippen molar-refractivity contribution in [1.29, 1.82) is 0 Å². The number of carbonyl (C=O) groups excluding carboxylic acids is 2. The van der Waals surface area contributed by atoms with Crippen LogP contribution in [-0.2, 0) is 22.6 Å². The van der Waals surface area contributed by atoms with E-state index in [1.54, 1.807) is 11.2 Å². The molecule has 2 amide bonds. The largest absolute Gasteiger partial charge is 0.336 e. The molecule has 1 atom stereocenters. The first-order valence-electron chi connectivity index (χ1n) is 9.48. The molecule has 2 aliphatic rings. The molecule has 2 fully saturated rings. The predicted molar refractivity (Wildman–Crippen MR) is 101 cm³/mol. The van der Waals surface area contributed by atoms with E-state index in [0.29, 0.717) is 25.6 Å². The van der Waals surface area contributed by atoms with Gasteiger partial charge in [0.15, 0.2) is 0 Å². The Labute approximate surface area is 158 Å². The molecule has 0 unspecified atom stereocenters. The summed E-state index contributed by atoms with van der Waals surface area (Å²) >= 11 is 0. The Morgan fingerprint density at radius 3 is 2.70 bits per heavy atom. The third kappa shape index (κ3) is 4.19. The van der Waals surface area contributed by atoms with Gasteiger partial charge in [-0.2, -0.15) is 0 Å². The quantitative estimate of drug-likeness (QED) is 0.812. The highest BCUT2D eigenvalue weighted by Crippen LogP contribution is 2.28. The molecule has 2 N–H and O–H groups in total. The zero-order chi connectivity index (χ0) is 18.8. The molecule has 4 rings (SSSR count). The van der Waals surface area contributed by atoms with Crippen molar-refractivity contribution >= 4 is 11.8 Å². The zero-order valence-electron chi connectivity index (χ0n) is 15.3. The first-order chi connectivity index (χ1) is 13.1. The van der Waals surface area contributed by atoms with Crippen molar-refractivity contribution in [3.63, 3.8) is 0 Å². The summed E-state index contributed by atoms with van der Waals surface area (Å²) in [4.78, 5) is 32.7. The Morgan fingerprint density at radius 1 is 1.22 bits per heavy atom. The molecular weight excluding hydrogens is 342 g/mol. The van der Waals surface area contributed by atoms with Crippen molar-refractivity contribution < 1.29 is 9.59 Å². The van der Waals surface area contributed by atoms with Crippen molar-refractivity contribution in [3.05, 3.63) is 54.1 Å². The summed E-state index contributed by atoms with van der Waals surface area (Å²) in [5.41, 5.74) is 8.10. The lowest BCUT2D eigenvalue weighted by Gasteiger charge is -2.35. The standard InChI is InChI=1S/C20H25N5O2/c21-18(20(27)24-8-9-25(17-6-7-17)19(26)13-24)10-16-12-23(14-22-16)11-15-4-2-1-3-5-15/h1-5,12,14,17-18H,6-11,13,21H2/t18-/m0/s1. The van der Waals surface area contributed by atoms with E-state index in [4.69, 9.17) is 5.73 Å². The molecular formula is C20H25N5O2. The van der Waals surface area contributed by atoms with Gasteiger partial charge in [0.2, 0.25) is 11.8 Å². The van der Waals surface area contributed by atoms with E-state index in [1.807, 2.05) is 33.9 Å². The van der Waals surface area contributed by atoms with Crippen LogP contribution in [0.5, 0.6) is 0 Å². The minimum Gasteiger partial charge on any atom is -0.336 e. The third-order valence-electron chi connectivity index (χ3n) is 5.20. The normalized spacial score (nSPS) is 18.6. The number of carbonyl (C=O) groups is 2. The summed E-state index contributed by atoms with van der Waals surface area (Å²) < 4.78 is 1.99. The summed E-state index contributed by atoms with van der Waals surface area (Å²) in [6, 6.07) is 9.85. The van der Waals surface area contributed by atoms with E-state index in [0.717, 1.165) is 25.1 Å². The molecule has 0 spiro atoms. The molecule has 1 saturated heterocycles. The number of benzene rings is 1. The molecule has 7 nitrogen and oxygen atoms in total. The first-order valence-corrected chi connectivity index (χ1v) is 9.48. The van der Waals surface area contributed by atoms with Crippen LogP contribution < -0.4 is 5.73 Å². The molecule has 1 saturated carbocycles. The van der Waals surface area contributed by atoms with Crippen LogP contribution in [0.1, 0.15) is 24.1 Å². The Kier molecular flexibility index (Phi) is 4.94. The maximum atomic E-state index is 12.6.